The standard InChI is InChI=1S/C17H20N2O4/c1-22-11-9-19(13-15-8-5-10-23-15)16(20)12-18-17(21)14-6-3-2-4-7-14/h2-8,10H,9,11-13H2,1H3,(H,18,21). The highest BCUT2D eigenvalue weighted by Crippen LogP contribution is 2.06. The lowest BCUT2D eigenvalue weighted by molar-refractivity contribution is -0.131. The maximum Gasteiger partial charge on any atom is 0.251 e. The third-order valence-electron chi connectivity index (χ3n) is 3.28. The van der Waals surface area contributed by atoms with Crippen molar-refractivity contribution >= 4 is 11.8 Å². The molecule has 1 N–H and O–H groups in total. The number of ether oxygens (including phenoxy) is 1. The molecule has 0 aliphatic carbocycles. The first-order chi connectivity index (χ1) is 11.2. The first kappa shape index (κ1) is 16.8. The number of amides is 2. The van der Waals surface area contributed by atoms with E-state index in [1.165, 1.54) is 0 Å². The van der Waals surface area contributed by atoms with Crippen molar-refractivity contribution < 1.29 is 18.7 Å². The predicted octanol–water partition coefficient (Wildman–Crippen LogP) is 1.68. The highest BCUT2D eigenvalue weighted by atomic mass is 16.5. The fourth-order valence-electron chi connectivity index (χ4n) is 2.04. The molecule has 1 heterocycles. The molecule has 0 fully saturated rings. The minimum atomic E-state index is -0.274. The molecule has 0 aliphatic heterocycles. The summed E-state index contributed by atoms with van der Waals surface area (Å²) in [4.78, 5) is 25.9. The minimum Gasteiger partial charge on any atom is -0.467 e. The second kappa shape index (κ2) is 8.75. The molecule has 2 rings (SSSR count). The third kappa shape index (κ3) is 5.27. The number of carbonyl (C=O) groups excluding carboxylic acids is 2. The summed E-state index contributed by atoms with van der Waals surface area (Å²) in [5.41, 5.74) is 0.523. The topological polar surface area (TPSA) is 71.8 Å². The molecule has 2 amide bonds. The summed E-state index contributed by atoms with van der Waals surface area (Å²) in [7, 11) is 1.58. The van der Waals surface area contributed by atoms with E-state index in [2.05, 4.69) is 5.32 Å². The van der Waals surface area contributed by atoms with Gasteiger partial charge in [0.15, 0.2) is 0 Å². The van der Waals surface area contributed by atoms with E-state index in [4.69, 9.17) is 9.15 Å². The number of carbonyl (C=O) groups is 2. The van der Waals surface area contributed by atoms with E-state index in [1.54, 1.807) is 54.7 Å². The molecule has 122 valence electrons. The van der Waals surface area contributed by atoms with Crippen molar-refractivity contribution in [1.29, 1.82) is 0 Å². The average Bonchev–Trinajstić information content (AvgIpc) is 3.10. The lowest BCUT2D eigenvalue weighted by Crippen LogP contribution is -2.41. The highest BCUT2D eigenvalue weighted by molar-refractivity contribution is 5.96. The summed E-state index contributed by atoms with van der Waals surface area (Å²) < 4.78 is 10.3. The van der Waals surface area contributed by atoms with Crippen LogP contribution in [0.5, 0.6) is 0 Å². The summed E-state index contributed by atoms with van der Waals surface area (Å²) in [5, 5.41) is 2.63. The summed E-state index contributed by atoms with van der Waals surface area (Å²) in [6.45, 7) is 1.12. The van der Waals surface area contributed by atoms with Crippen LogP contribution >= 0.6 is 0 Å². The first-order valence-electron chi connectivity index (χ1n) is 7.33. The summed E-state index contributed by atoms with van der Waals surface area (Å²) in [6, 6.07) is 12.4. The lowest BCUT2D eigenvalue weighted by atomic mass is 10.2. The normalized spacial score (nSPS) is 10.3. The van der Waals surface area contributed by atoms with Crippen LogP contribution in [0.1, 0.15) is 16.1 Å². The van der Waals surface area contributed by atoms with Crippen LogP contribution in [0, 0.1) is 0 Å². The Labute approximate surface area is 135 Å². The van der Waals surface area contributed by atoms with E-state index in [1.807, 2.05) is 6.07 Å². The van der Waals surface area contributed by atoms with E-state index in [0.29, 0.717) is 31.0 Å². The van der Waals surface area contributed by atoms with Crippen molar-refractivity contribution in [3.8, 4) is 0 Å². The number of rotatable bonds is 8. The van der Waals surface area contributed by atoms with Crippen molar-refractivity contribution in [1.82, 2.24) is 10.2 Å². The number of methoxy groups -OCH3 is 1. The van der Waals surface area contributed by atoms with Gasteiger partial charge in [0, 0.05) is 19.2 Å². The monoisotopic (exact) mass is 316 g/mol. The highest BCUT2D eigenvalue weighted by Gasteiger charge is 2.16. The van der Waals surface area contributed by atoms with Crippen molar-refractivity contribution in [2.45, 2.75) is 6.54 Å². The van der Waals surface area contributed by atoms with Crippen LogP contribution in [0.25, 0.3) is 0 Å². The largest absolute Gasteiger partial charge is 0.467 e. The van der Waals surface area contributed by atoms with Crippen LogP contribution in [-0.4, -0.2) is 43.5 Å². The average molecular weight is 316 g/mol. The molecule has 1 aromatic heterocycles. The second-order valence-corrected chi connectivity index (χ2v) is 4.94. The molecule has 0 atom stereocenters. The number of nitrogens with one attached hydrogen (secondary N) is 1. The van der Waals surface area contributed by atoms with Crippen LogP contribution in [0.15, 0.2) is 53.1 Å². The van der Waals surface area contributed by atoms with Gasteiger partial charge in [-0.25, -0.2) is 0 Å². The van der Waals surface area contributed by atoms with E-state index in [9.17, 15) is 9.59 Å². The number of benzene rings is 1. The molecule has 0 saturated heterocycles. The van der Waals surface area contributed by atoms with Crippen molar-refractivity contribution in [2.24, 2.45) is 0 Å². The van der Waals surface area contributed by atoms with E-state index in [-0.39, 0.29) is 18.4 Å². The second-order valence-electron chi connectivity index (χ2n) is 4.94. The summed E-state index contributed by atoms with van der Waals surface area (Å²) in [5.74, 6) is 0.218. The zero-order chi connectivity index (χ0) is 16.5. The number of hydrogen-bond acceptors (Lipinski definition) is 4. The lowest BCUT2D eigenvalue weighted by Gasteiger charge is -2.21. The van der Waals surface area contributed by atoms with Crippen LogP contribution < -0.4 is 5.32 Å². The van der Waals surface area contributed by atoms with Gasteiger partial charge in [0.2, 0.25) is 5.91 Å². The van der Waals surface area contributed by atoms with Crippen LogP contribution in [0.2, 0.25) is 0 Å². The summed E-state index contributed by atoms with van der Waals surface area (Å²) >= 11 is 0. The molecule has 0 radical (unpaired) electrons. The molecule has 6 heteroatoms. The summed E-state index contributed by atoms with van der Waals surface area (Å²) in [6.07, 6.45) is 1.56. The molecule has 1 aromatic carbocycles. The Bertz CT molecular complexity index is 611. The van der Waals surface area contributed by atoms with Gasteiger partial charge in [0.25, 0.3) is 5.91 Å². The Morgan fingerprint density at radius 1 is 1.17 bits per heavy atom. The number of furan rings is 1. The Morgan fingerprint density at radius 3 is 2.61 bits per heavy atom. The zero-order valence-corrected chi connectivity index (χ0v) is 13.0. The van der Waals surface area contributed by atoms with Gasteiger partial charge in [-0.15, -0.1) is 0 Å². The third-order valence-corrected chi connectivity index (χ3v) is 3.28. The van der Waals surface area contributed by atoms with Crippen LogP contribution in [-0.2, 0) is 16.1 Å². The number of hydrogen-bond donors (Lipinski definition) is 1. The fourth-order valence-corrected chi connectivity index (χ4v) is 2.04. The van der Waals surface area contributed by atoms with Crippen molar-refractivity contribution in [3.63, 3.8) is 0 Å². The molecule has 0 spiro atoms. The Kier molecular flexibility index (Phi) is 6.38. The van der Waals surface area contributed by atoms with E-state index >= 15 is 0 Å². The van der Waals surface area contributed by atoms with Gasteiger partial charge < -0.3 is 19.4 Å². The maximum atomic E-state index is 12.3. The molecular formula is C17H20N2O4. The van der Waals surface area contributed by atoms with E-state index < -0.39 is 0 Å². The molecule has 0 saturated carbocycles. The van der Waals surface area contributed by atoms with Gasteiger partial charge in [-0.3, -0.25) is 9.59 Å². The predicted molar refractivity (Wildman–Crippen MR) is 84.8 cm³/mol. The van der Waals surface area contributed by atoms with E-state index in [0.717, 1.165) is 0 Å². The van der Waals surface area contributed by atoms with Crippen LogP contribution in [0.3, 0.4) is 0 Å². The minimum absolute atomic E-state index is 0.0713. The van der Waals surface area contributed by atoms with Gasteiger partial charge >= 0.3 is 0 Å². The molecular weight excluding hydrogens is 296 g/mol. The molecule has 6 nitrogen and oxygen atoms in total. The van der Waals surface area contributed by atoms with Crippen molar-refractivity contribution in [2.75, 3.05) is 26.8 Å². The maximum absolute atomic E-state index is 12.3. The smallest absolute Gasteiger partial charge is 0.251 e. The van der Waals surface area contributed by atoms with Gasteiger partial charge in [-0.05, 0) is 24.3 Å². The Hall–Kier alpha value is -2.60. The zero-order valence-electron chi connectivity index (χ0n) is 13.0. The van der Waals surface area contributed by atoms with Gasteiger partial charge in [0.1, 0.15) is 5.76 Å². The molecule has 2 aromatic rings. The Balaban J connectivity index is 1.90. The SMILES string of the molecule is COCCN(Cc1ccco1)C(=O)CNC(=O)c1ccccc1. The molecule has 0 unspecified atom stereocenters. The van der Waals surface area contributed by atoms with Crippen molar-refractivity contribution in [3.05, 3.63) is 60.1 Å². The fraction of sp³-hybridized carbons (Fsp3) is 0.294. The van der Waals surface area contributed by atoms with Gasteiger partial charge in [0.05, 0.1) is 26.0 Å². The van der Waals surface area contributed by atoms with Crippen LogP contribution in [0.4, 0.5) is 0 Å². The molecule has 0 bridgehead atoms. The number of nitrogens with zero attached hydrogens (tertiary/aromatic N) is 1. The molecule has 0 aliphatic rings. The first-order valence-corrected chi connectivity index (χ1v) is 7.33. The molecule has 23 heavy (non-hydrogen) atoms. The van der Waals surface area contributed by atoms with Gasteiger partial charge in [-0.2, -0.15) is 0 Å². The van der Waals surface area contributed by atoms with Gasteiger partial charge in [-0.1, -0.05) is 18.2 Å². The quantitative estimate of drug-likeness (QED) is 0.804. The Morgan fingerprint density at radius 2 is 1.96 bits per heavy atom.